The summed E-state index contributed by atoms with van der Waals surface area (Å²) in [5.41, 5.74) is 1.04. The zero-order valence-corrected chi connectivity index (χ0v) is 19.7. The molecule has 0 atom stereocenters. The summed E-state index contributed by atoms with van der Waals surface area (Å²) in [5, 5.41) is 3.82. The number of halogens is 1. The van der Waals surface area contributed by atoms with Crippen molar-refractivity contribution in [2.75, 3.05) is 31.2 Å². The molecule has 3 aromatic carbocycles. The number of hydrogen-bond donors (Lipinski definition) is 0. The van der Waals surface area contributed by atoms with E-state index >= 15 is 0 Å². The molecule has 0 bridgehead atoms. The number of anilines is 1. The molecule has 0 aliphatic carbocycles. The number of benzene rings is 3. The van der Waals surface area contributed by atoms with Gasteiger partial charge in [0.05, 0.1) is 13.2 Å². The van der Waals surface area contributed by atoms with Gasteiger partial charge in [-0.2, -0.15) is 4.98 Å². The van der Waals surface area contributed by atoms with Crippen LogP contribution in [0, 0.1) is 6.92 Å². The predicted octanol–water partition coefficient (Wildman–Crippen LogP) is 0.443. The van der Waals surface area contributed by atoms with E-state index in [4.69, 9.17) is 14.1 Å². The minimum atomic E-state index is -2.28. The van der Waals surface area contributed by atoms with Crippen molar-refractivity contribution in [1.82, 2.24) is 4.98 Å². The van der Waals surface area contributed by atoms with Gasteiger partial charge in [0.15, 0.2) is 13.2 Å². The molecule has 0 amide bonds. The normalized spacial score (nSPS) is 14.1. The van der Waals surface area contributed by atoms with E-state index in [0.717, 1.165) is 24.4 Å². The number of oxazole rings is 1. The number of hydrogen-bond acceptors (Lipinski definition) is 4. The lowest BCUT2D eigenvalue weighted by Gasteiger charge is -2.30. The highest BCUT2D eigenvalue weighted by molar-refractivity contribution is 8.01. The summed E-state index contributed by atoms with van der Waals surface area (Å²) in [6.45, 7) is 4.96. The molecule has 0 unspecified atom stereocenters. The lowest BCUT2D eigenvalue weighted by Crippen LogP contribution is -3.00. The fraction of sp³-hybridized carbons (Fsp3) is 0.192. The first-order chi connectivity index (χ1) is 15.3. The van der Waals surface area contributed by atoms with Gasteiger partial charge in [-0.1, -0.05) is 54.6 Å². The van der Waals surface area contributed by atoms with Gasteiger partial charge >= 0.3 is 0 Å². The highest BCUT2D eigenvalue weighted by Crippen LogP contribution is 2.55. The van der Waals surface area contributed by atoms with Crippen molar-refractivity contribution in [3.05, 3.63) is 96.9 Å². The smallest absolute Gasteiger partial charge is 0.261 e. The van der Waals surface area contributed by atoms with Crippen LogP contribution in [0.2, 0.25) is 0 Å². The Kier molecular flexibility index (Phi) is 6.95. The minimum absolute atomic E-state index is 0. The second-order valence-corrected chi connectivity index (χ2v) is 11.0. The van der Waals surface area contributed by atoms with Crippen LogP contribution in [0.5, 0.6) is 0 Å². The number of aromatic nitrogens is 1. The van der Waals surface area contributed by atoms with Crippen LogP contribution in [0.1, 0.15) is 5.89 Å². The van der Waals surface area contributed by atoms with E-state index < -0.39 is 7.26 Å². The van der Waals surface area contributed by atoms with Crippen molar-refractivity contribution in [2.45, 2.75) is 6.92 Å². The summed E-state index contributed by atoms with van der Waals surface area (Å²) in [7, 11) is -2.28. The molecule has 5 rings (SSSR count). The molecular formula is C26H26ClN2O2P. The second kappa shape index (κ2) is 9.87. The van der Waals surface area contributed by atoms with Crippen molar-refractivity contribution in [1.29, 1.82) is 0 Å². The molecule has 0 N–H and O–H groups in total. The van der Waals surface area contributed by atoms with E-state index in [-0.39, 0.29) is 12.4 Å². The molecule has 32 heavy (non-hydrogen) atoms. The molecule has 4 nitrogen and oxygen atoms in total. The second-order valence-electron chi connectivity index (χ2n) is 7.64. The van der Waals surface area contributed by atoms with Crippen molar-refractivity contribution in [2.24, 2.45) is 0 Å². The van der Waals surface area contributed by atoms with Gasteiger partial charge in [0, 0.05) is 20.0 Å². The van der Waals surface area contributed by atoms with Crippen LogP contribution in [0.4, 0.5) is 5.88 Å². The molecule has 1 aliphatic heterocycles. The monoisotopic (exact) mass is 464 g/mol. The zero-order valence-electron chi connectivity index (χ0n) is 18.0. The van der Waals surface area contributed by atoms with Gasteiger partial charge in [0.2, 0.25) is 0 Å². The quantitative estimate of drug-likeness (QED) is 0.402. The SMILES string of the molecule is Cc1nc([P+](c2ccccc2)(c2ccccc2)c2ccccc2)c(N2CCOCC2)o1.[Cl-]. The van der Waals surface area contributed by atoms with Crippen LogP contribution in [-0.4, -0.2) is 31.3 Å². The van der Waals surface area contributed by atoms with Crippen molar-refractivity contribution in [3.8, 4) is 0 Å². The maximum atomic E-state index is 6.31. The molecule has 0 spiro atoms. The van der Waals surface area contributed by atoms with E-state index in [1.165, 1.54) is 15.9 Å². The number of rotatable bonds is 5. The highest BCUT2D eigenvalue weighted by atomic mass is 35.5. The Morgan fingerprint density at radius 2 is 1.16 bits per heavy atom. The summed E-state index contributed by atoms with van der Waals surface area (Å²) in [4.78, 5) is 7.38. The predicted molar refractivity (Wildman–Crippen MR) is 129 cm³/mol. The van der Waals surface area contributed by atoms with E-state index in [9.17, 15) is 0 Å². The minimum Gasteiger partial charge on any atom is -1.00 e. The average Bonchev–Trinajstić information content (AvgIpc) is 3.24. The fourth-order valence-electron chi connectivity index (χ4n) is 4.37. The first kappa shape index (κ1) is 22.5. The Hall–Kier alpha value is -2.65. The average molecular weight is 465 g/mol. The van der Waals surface area contributed by atoms with Gasteiger partial charge in [-0.05, 0) is 36.4 Å². The Morgan fingerprint density at radius 1 is 0.719 bits per heavy atom. The highest BCUT2D eigenvalue weighted by Gasteiger charge is 2.53. The lowest BCUT2D eigenvalue weighted by molar-refractivity contribution is -0.00000747. The molecule has 0 saturated carbocycles. The molecule has 164 valence electrons. The number of nitrogens with zero attached hydrogens (tertiary/aromatic N) is 2. The van der Waals surface area contributed by atoms with E-state index in [2.05, 4.69) is 95.9 Å². The van der Waals surface area contributed by atoms with Crippen LogP contribution >= 0.6 is 7.26 Å². The zero-order chi connectivity index (χ0) is 21.1. The summed E-state index contributed by atoms with van der Waals surface area (Å²) < 4.78 is 11.9. The van der Waals surface area contributed by atoms with Gasteiger partial charge in [0.1, 0.15) is 15.9 Å². The molecule has 4 aromatic rings. The first-order valence-corrected chi connectivity index (χ1v) is 12.5. The van der Waals surface area contributed by atoms with Crippen LogP contribution < -0.4 is 38.7 Å². The Morgan fingerprint density at radius 3 is 1.59 bits per heavy atom. The molecule has 2 heterocycles. The largest absolute Gasteiger partial charge is 1.00 e. The van der Waals surface area contributed by atoms with E-state index in [1.807, 2.05) is 6.92 Å². The van der Waals surface area contributed by atoms with Crippen LogP contribution in [0.25, 0.3) is 0 Å². The molecule has 6 heteroatoms. The molecular weight excluding hydrogens is 439 g/mol. The molecule has 0 radical (unpaired) electrons. The van der Waals surface area contributed by atoms with Gasteiger partial charge < -0.3 is 26.5 Å². The molecule has 1 aliphatic rings. The Bertz CT molecular complexity index is 1030. The third kappa shape index (κ3) is 3.95. The van der Waals surface area contributed by atoms with Crippen molar-refractivity contribution < 1.29 is 21.6 Å². The number of morpholine rings is 1. The van der Waals surface area contributed by atoms with Gasteiger partial charge in [0.25, 0.3) is 11.3 Å². The lowest BCUT2D eigenvalue weighted by atomic mass is 10.4. The first-order valence-electron chi connectivity index (χ1n) is 10.7. The molecule has 1 saturated heterocycles. The topological polar surface area (TPSA) is 38.5 Å². The fourth-order valence-corrected chi connectivity index (χ4v) is 8.62. The summed E-state index contributed by atoms with van der Waals surface area (Å²) in [6.07, 6.45) is 0. The maximum Gasteiger partial charge on any atom is 0.261 e. The standard InChI is InChI=1S/C26H26N2O2P.ClH/c1-21-27-25(26(30-21)28-17-19-29-20-18-28)31(22-11-5-2-6-12-22,23-13-7-3-8-14-23)24-15-9-4-10-16-24;/h2-16H,17-20H2,1H3;1H/q+1;/p-1. The van der Waals surface area contributed by atoms with Crippen molar-refractivity contribution >= 4 is 34.5 Å². The van der Waals surface area contributed by atoms with Gasteiger partial charge in [-0.3, -0.25) is 0 Å². The van der Waals surface area contributed by atoms with Crippen LogP contribution in [-0.2, 0) is 4.74 Å². The maximum absolute atomic E-state index is 6.31. The molecule has 1 fully saturated rings. The van der Waals surface area contributed by atoms with Gasteiger partial charge in [-0.25, -0.2) is 0 Å². The molecule has 1 aromatic heterocycles. The number of ether oxygens (including phenoxy) is 1. The van der Waals surface area contributed by atoms with Crippen LogP contribution in [0.3, 0.4) is 0 Å². The third-order valence-electron chi connectivity index (χ3n) is 5.75. The summed E-state index contributed by atoms with van der Waals surface area (Å²) in [6, 6.07) is 32.4. The van der Waals surface area contributed by atoms with Crippen molar-refractivity contribution in [3.63, 3.8) is 0 Å². The Balaban J connectivity index is 0.00000245. The Labute approximate surface area is 196 Å². The number of aryl methyl sites for hydroxylation is 1. The van der Waals surface area contributed by atoms with E-state index in [0.29, 0.717) is 19.1 Å². The van der Waals surface area contributed by atoms with Gasteiger partial charge in [-0.15, -0.1) is 0 Å². The summed E-state index contributed by atoms with van der Waals surface area (Å²) in [5.74, 6) is 1.58. The van der Waals surface area contributed by atoms with Crippen LogP contribution in [0.15, 0.2) is 95.4 Å². The van der Waals surface area contributed by atoms with E-state index in [1.54, 1.807) is 0 Å². The third-order valence-corrected chi connectivity index (χ3v) is 9.89. The summed E-state index contributed by atoms with van der Waals surface area (Å²) >= 11 is 0.